The van der Waals surface area contributed by atoms with E-state index in [9.17, 15) is 8.78 Å². The molecule has 0 aromatic heterocycles. The first-order valence-corrected chi connectivity index (χ1v) is 6.49. The van der Waals surface area contributed by atoms with Gasteiger partial charge in [0.15, 0.2) is 6.29 Å². The zero-order valence-electron chi connectivity index (χ0n) is 11.6. The molecular weight excluding hydrogens is 252 g/mol. The van der Waals surface area contributed by atoms with Gasteiger partial charge in [-0.1, -0.05) is 0 Å². The standard InChI is InChI=1S/C14H21F2NO2/c1-4-18-14(19-5-2)9-17-10(3)11-6-12(15)8-13(16)7-11/h6-8,10,14,17H,4-5,9H2,1-3H3. The molecule has 0 aliphatic heterocycles. The molecule has 1 aromatic rings. The van der Waals surface area contributed by atoms with Crippen LogP contribution in [0.2, 0.25) is 0 Å². The molecule has 5 heteroatoms. The van der Waals surface area contributed by atoms with Crippen LogP contribution in [0.4, 0.5) is 8.78 Å². The summed E-state index contributed by atoms with van der Waals surface area (Å²) in [5.74, 6) is -1.15. The fourth-order valence-electron chi connectivity index (χ4n) is 1.75. The summed E-state index contributed by atoms with van der Waals surface area (Å²) in [6.45, 7) is 7.17. The lowest BCUT2D eigenvalue weighted by Crippen LogP contribution is -2.33. The summed E-state index contributed by atoms with van der Waals surface area (Å²) in [6, 6.07) is 3.31. The molecule has 0 aliphatic rings. The normalized spacial score (nSPS) is 12.9. The van der Waals surface area contributed by atoms with Gasteiger partial charge in [-0.25, -0.2) is 8.78 Å². The van der Waals surface area contributed by atoms with E-state index in [1.165, 1.54) is 12.1 Å². The smallest absolute Gasteiger partial charge is 0.169 e. The van der Waals surface area contributed by atoms with Crippen molar-refractivity contribution in [2.24, 2.45) is 0 Å². The van der Waals surface area contributed by atoms with Gasteiger partial charge in [0.05, 0.1) is 0 Å². The minimum atomic E-state index is -0.574. The fourth-order valence-corrected chi connectivity index (χ4v) is 1.75. The number of nitrogens with one attached hydrogen (secondary N) is 1. The third kappa shape index (κ3) is 5.63. The van der Waals surface area contributed by atoms with E-state index in [0.29, 0.717) is 25.3 Å². The van der Waals surface area contributed by atoms with Crippen LogP contribution >= 0.6 is 0 Å². The Kier molecular flexibility index (Phi) is 6.91. The Morgan fingerprint density at radius 2 is 1.58 bits per heavy atom. The third-order valence-electron chi connectivity index (χ3n) is 2.68. The zero-order valence-corrected chi connectivity index (χ0v) is 11.6. The average Bonchev–Trinajstić information content (AvgIpc) is 2.35. The highest BCUT2D eigenvalue weighted by atomic mass is 19.1. The molecule has 108 valence electrons. The van der Waals surface area contributed by atoms with Crippen LogP contribution in [0.15, 0.2) is 18.2 Å². The number of benzene rings is 1. The van der Waals surface area contributed by atoms with Gasteiger partial charge in [0.25, 0.3) is 0 Å². The zero-order chi connectivity index (χ0) is 14.3. The highest BCUT2D eigenvalue weighted by Gasteiger charge is 2.12. The van der Waals surface area contributed by atoms with E-state index in [1.807, 2.05) is 20.8 Å². The minimum absolute atomic E-state index is 0.186. The van der Waals surface area contributed by atoms with Crippen LogP contribution in [0.25, 0.3) is 0 Å². The molecule has 1 unspecified atom stereocenters. The summed E-state index contributed by atoms with van der Waals surface area (Å²) in [5.41, 5.74) is 0.559. The first-order chi connectivity index (χ1) is 9.06. The van der Waals surface area contributed by atoms with Crippen molar-refractivity contribution in [3.63, 3.8) is 0 Å². The second-order valence-electron chi connectivity index (χ2n) is 4.17. The van der Waals surface area contributed by atoms with Crippen LogP contribution < -0.4 is 5.32 Å². The lowest BCUT2D eigenvalue weighted by Gasteiger charge is -2.21. The van der Waals surface area contributed by atoms with E-state index in [-0.39, 0.29) is 12.3 Å². The molecule has 0 saturated heterocycles. The van der Waals surface area contributed by atoms with Gasteiger partial charge in [-0.2, -0.15) is 0 Å². The van der Waals surface area contributed by atoms with Crippen molar-refractivity contribution < 1.29 is 18.3 Å². The predicted octanol–water partition coefficient (Wildman–Crippen LogP) is 3.01. The molecule has 0 bridgehead atoms. The van der Waals surface area contributed by atoms with Crippen LogP contribution in [-0.2, 0) is 9.47 Å². The van der Waals surface area contributed by atoms with Crippen molar-refractivity contribution in [2.75, 3.05) is 19.8 Å². The number of hydrogen-bond donors (Lipinski definition) is 1. The highest BCUT2D eigenvalue weighted by Crippen LogP contribution is 2.16. The molecule has 0 amide bonds. The van der Waals surface area contributed by atoms with Gasteiger partial charge in [-0.3, -0.25) is 0 Å². The number of hydrogen-bond acceptors (Lipinski definition) is 3. The van der Waals surface area contributed by atoms with Crippen LogP contribution in [0.1, 0.15) is 32.4 Å². The quantitative estimate of drug-likeness (QED) is 0.739. The maximum absolute atomic E-state index is 13.1. The van der Waals surface area contributed by atoms with Crippen LogP contribution in [0, 0.1) is 11.6 Å². The largest absolute Gasteiger partial charge is 0.352 e. The topological polar surface area (TPSA) is 30.5 Å². The van der Waals surface area contributed by atoms with Gasteiger partial charge < -0.3 is 14.8 Å². The molecule has 0 fully saturated rings. The number of ether oxygens (including phenoxy) is 2. The fraction of sp³-hybridized carbons (Fsp3) is 0.571. The molecule has 1 N–H and O–H groups in total. The predicted molar refractivity (Wildman–Crippen MR) is 69.8 cm³/mol. The Morgan fingerprint density at radius 1 is 1.05 bits per heavy atom. The Hall–Kier alpha value is -1.04. The van der Waals surface area contributed by atoms with Crippen LogP contribution in [0.3, 0.4) is 0 Å². The van der Waals surface area contributed by atoms with E-state index >= 15 is 0 Å². The molecule has 1 rings (SSSR count). The maximum atomic E-state index is 13.1. The van der Waals surface area contributed by atoms with Crippen molar-refractivity contribution in [3.05, 3.63) is 35.4 Å². The van der Waals surface area contributed by atoms with E-state index in [1.54, 1.807) is 0 Å². The minimum Gasteiger partial charge on any atom is -0.352 e. The van der Waals surface area contributed by atoms with Crippen molar-refractivity contribution in [3.8, 4) is 0 Å². The second kappa shape index (κ2) is 8.19. The molecule has 0 radical (unpaired) electrons. The van der Waals surface area contributed by atoms with Crippen molar-refractivity contribution in [2.45, 2.75) is 33.1 Å². The first-order valence-electron chi connectivity index (χ1n) is 6.49. The van der Waals surface area contributed by atoms with Crippen molar-refractivity contribution in [1.29, 1.82) is 0 Å². The van der Waals surface area contributed by atoms with Crippen LogP contribution in [0.5, 0.6) is 0 Å². The number of halogens is 2. The lowest BCUT2D eigenvalue weighted by atomic mass is 10.1. The monoisotopic (exact) mass is 273 g/mol. The van der Waals surface area contributed by atoms with Gasteiger partial charge in [0.2, 0.25) is 0 Å². The SMILES string of the molecule is CCOC(CNC(C)c1cc(F)cc(F)c1)OCC. The van der Waals surface area contributed by atoms with Crippen molar-refractivity contribution in [1.82, 2.24) is 5.32 Å². The third-order valence-corrected chi connectivity index (χ3v) is 2.68. The van der Waals surface area contributed by atoms with Gasteiger partial charge in [0.1, 0.15) is 11.6 Å². The van der Waals surface area contributed by atoms with Gasteiger partial charge in [-0.15, -0.1) is 0 Å². The molecule has 1 aromatic carbocycles. The van der Waals surface area contributed by atoms with Gasteiger partial charge >= 0.3 is 0 Å². The average molecular weight is 273 g/mol. The lowest BCUT2D eigenvalue weighted by molar-refractivity contribution is -0.133. The van der Waals surface area contributed by atoms with E-state index in [2.05, 4.69) is 5.32 Å². The van der Waals surface area contributed by atoms with E-state index in [0.717, 1.165) is 6.07 Å². The molecule has 0 heterocycles. The van der Waals surface area contributed by atoms with Gasteiger partial charge in [0, 0.05) is 31.9 Å². The molecule has 0 spiro atoms. The molecular formula is C14H21F2NO2. The molecule has 19 heavy (non-hydrogen) atoms. The van der Waals surface area contributed by atoms with E-state index in [4.69, 9.17) is 9.47 Å². The molecule has 0 saturated carbocycles. The first kappa shape index (κ1) is 16.0. The Balaban J connectivity index is 2.55. The molecule has 0 aliphatic carbocycles. The van der Waals surface area contributed by atoms with E-state index < -0.39 is 11.6 Å². The summed E-state index contributed by atoms with van der Waals surface area (Å²) >= 11 is 0. The molecule has 1 atom stereocenters. The summed E-state index contributed by atoms with van der Waals surface area (Å²) < 4.78 is 37.0. The van der Waals surface area contributed by atoms with Gasteiger partial charge in [-0.05, 0) is 38.5 Å². The van der Waals surface area contributed by atoms with Crippen molar-refractivity contribution >= 4 is 0 Å². The second-order valence-corrected chi connectivity index (χ2v) is 4.17. The maximum Gasteiger partial charge on any atom is 0.169 e. The Bertz CT molecular complexity index is 361. The Labute approximate surface area is 112 Å². The summed E-state index contributed by atoms with van der Waals surface area (Å²) in [4.78, 5) is 0. The van der Waals surface area contributed by atoms with Crippen LogP contribution in [-0.4, -0.2) is 26.0 Å². The number of rotatable bonds is 8. The summed E-state index contributed by atoms with van der Waals surface area (Å²) in [7, 11) is 0. The summed E-state index contributed by atoms with van der Waals surface area (Å²) in [5, 5.41) is 3.14. The Morgan fingerprint density at radius 3 is 2.05 bits per heavy atom. The summed E-state index contributed by atoms with van der Waals surface area (Å²) in [6.07, 6.45) is -0.351. The highest BCUT2D eigenvalue weighted by molar-refractivity contribution is 5.20. The molecule has 3 nitrogen and oxygen atoms in total.